The Kier molecular flexibility index (Phi) is 6.02. The van der Waals surface area contributed by atoms with Crippen molar-refractivity contribution < 1.29 is 23.0 Å². The molecule has 0 aliphatic rings. The number of aromatic nitrogens is 2. The number of ether oxygens (including phenoxy) is 2. The van der Waals surface area contributed by atoms with E-state index in [-0.39, 0.29) is 23.9 Å². The van der Waals surface area contributed by atoms with E-state index in [2.05, 4.69) is 31.1 Å². The van der Waals surface area contributed by atoms with E-state index in [4.69, 9.17) is 4.74 Å². The van der Waals surface area contributed by atoms with Crippen molar-refractivity contribution in [2.45, 2.75) is 13.3 Å². The molecule has 0 aliphatic heterocycles. The van der Waals surface area contributed by atoms with Gasteiger partial charge in [0.05, 0.1) is 5.69 Å². The van der Waals surface area contributed by atoms with Crippen molar-refractivity contribution in [2.24, 2.45) is 0 Å². The summed E-state index contributed by atoms with van der Waals surface area (Å²) in [4.78, 5) is 12.3. The Bertz CT molecular complexity index is 916. The van der Waals surface area contributed by atoms with E-state index in [1.54, 1.807) is 24.4 Å². The summed E-state index contributed by atoms with van der Waals surface area (Å²) in [5, 5.41) is 6.62. The summed E-state index contributed by atoms with van der Waals surface area (Å²) in [6.07, 6.45) is 1.58. The molecule has 0 saturated heterocycles. The number of para-hydroxylation sites is 2. The quantitative estimate of drug-likeness (QED) is 0.589. The molecular formula is C18H14BrF2N3O3. The van der Waals surface area contributed by atoms with Crippen LogP contribution in [0, 0.1) is 0 Å². The third kappa shape index (κ3) is 5.27. The maximum Gasteiger partial charge on any atom is 0.387 e. The molecule has 140 valence electrons. The van der Waals surface area contributed by atoms with E-state index < -0.39 is 12.5 Å². The molecule has 9 heteroatoms. The van der Waals surface area contributed by atoms with Crippen LogP contribution in [-0.2, 0) is 6.73 Å². The molecule has 0 unspecified atom stereocenters. The van der Waals surface area contributed by atoms with E-state index in [9.17, 15) is 13.6 Å². The number of anilines is 1. The number of carbonyl (C=O) groups excluding carboxylic acids is 1. The number of hydrogen-bond donors (Lipinski definition) is 1. The summed E-state index contributed by atoms with van der Waals surface area (Å²) >= 11 is 3.34. The van der Waals surface area contributed by atoms with Crippen LogP contribution in [0.3, 0.4) is 0 Å². The predicted molar refractivity (Wildman–Crippen MR) is 98.0 cm³/mol. The van der Waals surface area contributed by atoms with Crippen LogP contribution < -0.4 is 14.8 Å². The Morgan fingerprint density at radius 2 is 1.89 bits per heavy atom. The largest absolute Gasteiger partial charge is 0.471 e. The van der Waals surface area contributed by atoms with E-state index >= 15 is 0 Å². The van der Waals surface area contributed by atoms with Gasteiger partial charge in [-0.1, -0.05) is 28.1 Å². The molecule has 0 fully saturated rings. The number of rotatable bonds is 7. The Hall–Kier alpha value is -2.94. The average molecular weight is 438 g/mol. The normalized spacial score (nSPS) is 10.7. The summed E-state index contributed by atoms with van der Waals surface area (Å²) in [7, 11) is 0. The van der Waals surface area contributed by atoms with Gasteiger partial charge in [0.15, 0.2) is 12.4 Å². The van der Waals surface area contributed by atoms with Crippen molar-refractivity contribution in [3.8, 4) is 11.5 Å². The second-order valence-corrected chi connectivity index (χ2v) is 6.21. The zero-order valence-electron chi connectivity index (χ0n) is 13.8. The first-order valence-electron chi connectivity index (χ1n) is 7.78. The fourth-order valence-corrected chi connectivity index (χ4v) is 2.45. The van der Waals surface area contributed by atoms with Crippen LogP contribution in [-0.4, -0.2) is 22.3 Å². The highest BCUT2D eigenvalue weighted by molar-refractivity contribution is 9.10. The lowest BCUT2D eigenvalue weighted by molar-refractivity contribution is -0.0493. The summed E-state index contributed by atoms with van der Waals surface area (Å²) < 4.78 is 37.2. The van der Waals surface area contributed by atoms with Crippen LogP contribution in [0.1, 0.15) is 10.5 Å². The minimum absolute atomic E-state index is 0.111. The standard InChI is InChI=1S/C18H14BrF2N3O3/c19-12-5-7-13(8-6-12)26-11-24-10-9-15(23-24)17(25)22-14-3-1-2-4-16(14)27-18(20)21/h1-10,18H,11H2,(H,22,25). The Labute approximate surface area is 161 Å². The monoisotopic (exact) mass is 437 g/mol. The van der Waals surface area contributed by atoms with Gasteiger partial charge in [-0.05, 0) is 42.5 Å². The lowest BCUT2D eigenvalue weighted by Gasteiger charge is -2.10. The zero-order valence-corrected chi connectivity index (χ0v) is 15.4. The van der Waals surface area contributed by atoms with Gasteiger partial charge < -0.3 is 14.8 Å². The van der Waals surface area contributed by atoms with Crippen molar-refractivity contribution in [2.75, 3.05) is 5.32 Å². The molecular weight excluding hydrogens is 424 g/mol. The number of carbonyl (C=O) groups is 1. The minimum atomic E-state index is -2.99. The van der Waals surface area contributed by atoms with Gasteiger partial charge in [0.1, 0.15) is 11.5 Å². The van der Waals surface area contributed by atoms with Crippen LogP contribution in [0.5, 0.6) is 11.5 Å². The average Bonchev–Trinajstić information content (AvgIpc) is 3.12. The lowest BCUT2D eigenvalue weighted by Crippen LogP contribution is -2.15. The van der Waals surface area contributed by atoms with Crippen molar-refractivity contribution in [3.05, 3.63) is 71.0 Å². The van der Waals surface area contributed by atoms with Gasteiger partial charge >= 0.3 is 6.61 Å². The highest BCUT2D eigenvalue weighted by Crippen LogP contribution is 2.25. The molecule has 1 N–H and O–H groups in total. The minimum Gasteiger partial charge on any atom is -0.471 e. The molecule has 6 nitrogen and oxygen atoms in total. The Balaban J connectivity index is 1.62. The fraction of sp³-hybridized carbons (Fsp3) is 0.111. The van der Waals surface area contributed by atoms with E-state index in [0.717, 1.165) is 4.47 Å². The number of nitrogens with one attached hydrogen (secondary N) is 1. The first-order valence-corrected chi connectivity index (χ1v) is 8.57. The van der Waals surface area contributed by atoms with E-state index in [0.29, 0.717) is 5.75 Å². The smallest absolute Gasteiger partial charge is 0.387 e. The molecule has 3 rings (SSSR count). The molecule has 0 bridgehead atoms. The Morgan fingerprint density at radius 3 is 2.63 bits per heavy atom. The molecule has 27 heavy (non-hydrogen) atoms. The van der Waals surface area contributed by atoms with Gasteiger partial charge in [-0.15, -0.1) is 0 Å². The van der Waals surface area contributed by atoms with Crippen molar-refractivity contribution in [1.29, 1.82) is 0 Å². The molecule has 0 atom stereocenters. The van der Waals surface area contributed by atoms with Crippen molar-refractivity contribution in [3.63, 3.8) is 0 Å². The van der Waals surface area contributed by atoms with Gasteiger partial charge in [-0.2, -0.15) is 13.9 Å². The number of hydrogen-bond acceptors (Lipinski definition) is 4. The van der Waals surface area contributed by atoms with Crippen LogP contribution in [0.25, 0.3) is 0 Å². The van der Waals surface area contributed by atoms with Gasteiger partial charge in [0.25, 0.3) is 5.91 Å². The molecule has 0 radical (unpaired) electrons. The van der Waals surface area contributed by atoms with Crippen LogP contribution in [0.2, 0.25) is 0 Å². The molecule has 3 aromatic rings. The van der Waals surface area contributed by atoms with E-state index in [1.165, 1.54) is 28.9 Å². The molecule has 0 saturated carbocycles. The number of alkyl halides is 2. The maximum absolute atomic E-state index is 12.4. The number of amides is 1. The van der Waals surface area contributed by atoms with Crippen LogP contribution in [0.4, 0.5) is 14.5 Å². The molecule has 1 amide bonds. The van der Waals surface area contributed by atoms with Crippen molar-refractivity contribution in [1.82, 2.24) is 9.78 Å². The van der Waals surface area contributed by atoms with Crippen LogP contribution >= 0.6 is 15.9 Å². The van der Waals surface area contributed by atoms with Gasteiger partial charge in [-0.3, -0.25) is 4.79 Å². The first-order chi connectivity index (χ1) is 13.0. The maximum atomic E-state index is 12.4. The summed E-state index contributed by atoms with van der Waals surface area (Å²) in [6.45, 7) is -2.88. The van der Waals surface area contributed by atoms with Gasteiger partial charge in [0, 0.05) is 10.7 Å². The zero-order chi connectivity index (χ0) is 19.2. The van der Waals surface area contributed by atoms with Crippen molar-refractivity contribution >= 4 is 27.5 Å². The molecule has 0 aliphatic carbocycles. The third-order valence-electron chi connectivity index (χ3n) is 3.40. The lowest BCUT2D eigenvalue weighted by atomic mass is 10.3. The SMILES string of the molecule is O=C(Nc1ccccc1OC(F)F)c1ccn(COc2ccc(Br)cc2)n1. The number of benzene rings is 2. The number of halogens is 3. The van der Waals surface area contributed by atoms with E-state index in [1.807, 2.05) is 12.1 Å². The fourth-order valence-electron chi connectivity index (χ4n) is 2.18. The molecule has 2 aromatic carbocycles. The summed E-state index contributed by atoms with van der Waals surface area (Å²) in [5.74, 6) is -0.0284. The highest BCUT2D eigenvalue weighted by atomic mass is 79.9. The summed E-state index contributed by atoms with van der Waals surface area (Å²) in [6, 6.07) is 14.7. The molecule has 1 aromatic heterocycles. The van der Waals surface area contributed by atoms with Gasteiger partial charge in [0.2, 0.25) is 0 Å². The Morgan fingerprint density at radius 1 is 1.15 bits per heavy atom. The first kappa shape index (κ1) is 18.8. The summed E-state index contributed by atoms with van der Waals surface area (Å²) in [5.41, 5.74) is 0.240. The number of nitrogens with zero attached hydrogens (tertiary/aromatic N) is 2. The molecule has 1 heterocycles. The second kappa shape index (κ2) is 8.63. The topological polar surface area (TPSA) is 65.4 Å². The highest BCUT2D eigenvalue weighted by Gasteiger charge is 2.14. The van der Waals surface area contributed by atoms with Crippen LogP contribution in [0.15, 0.2) is 65.3 Å². The molecule has 0 spiro atoms. The van der Waals surface area contributed by atoms with Gasteiger partial charge in [-0.25, -0.2) is 4.68 Å². The third-order valence-corrected chi connectivity index (χ3v) is 3.93. The predicted octanol–water partition coefficient (Wildman–Crippen LogP) is 4.54. The second-order valence-electron chi connectivity index (χ2n) is 5.30.